The van der Waals surface area contributed by atoms with Crippen molar-refractivity contribution >= 4 is 23.1 Å². The average molecular weight is 339 g/mol. The number of nitrogens with one attached hydrogen (secondary N) is 1. The summed E-state index contributed by atoms with van der Waals surface area (Å²) in [6, 6.07) is 10.2. The summed E-state index contributed by atoms with van der Waals surface area (Å²) < 4.78 is 5.10. The van der Waals surface area contributed by atoms with Crippen LogP contribution in [0.4, 0.5) is 5.88 Å². The predicted octanol–water partition coefficient (Wildman–Crippen LogP) is 3.71. The van der Waals surface area contributed by atoms with Crippen molar-refractivity contribution in [2.45, 2.75) is 25.8 Å². The van der Waals surface area contributed by atoms with Crippen LogP contribution in [0.2, 0.25) is 0 Å². The van der Waals surface area contributed by atoms with Gasteiger partial charge in [-0.1, -0.05) is 29.4 Å². The van der Waals surface area contributed by atoms with Crippen molar-refractivity contribution in [3.8, 4) is 10.6 Å². The van der Waals surface area contributed by atoms with Crippen molar-refractivity contribution in [1.82, 2.24) is 10.5 Å². The van der Waals surface area contributed by atoms with Crippen LogP contribution in [0, 0.1) is 6.92 Å². The molecule has 0 aliphatic heterocycles. The Morgan fingerprint density at radius 1 is 1.38 bits per heavy atom. The lowest BCUT2D eigenvalue weighted by Crippen LogP contribution is -2.27. The fraction of sp³-hybridized carbons (Fsp3) is 0.222. The predicted molar refractivity (Wildman–Crippen MR) is 93.9 cm³/mol. The minimum Gasteiger partial charge on any atom is -0.367 e. The highest BCUT2D eigenvalue weighted by atomic mass is 32.1. The van der Waals surface area contributed by atoms with E-state index in [1.807, 2.05) is 30.5 Å². The number of fused-ring (bicyclic) bond motifs is 1. The molecule has 24 heavy (non-hydrogen) atoms. The number of aromatic nitrogens is 1. The molecule has 1 aliphatic carbocycles. The van der Waals surface area contributed by atoms with E-state index in [2.05, 4.69) is 22.6 Å². The van der Waals surface area contributed by atoms with Gasteiger partial charge in [-0.2, -0.15) is 0 Å². The summed E-state index contributed by atoms with van der Waals surface area (Å²) in [4.78, 5) is 13.7. The van der Waals surface area contributed by atoms with Crippen LogP contribution in [0.5, 0.6) is 0 Å². The second-order valence-electron chi connectivity index (χ2n) is 5.97. The number of nitrogens with zero attached hydrogens (tertiary/aromatic N) is 1. The zero-order valence-corrected chi connectivity index (χ0v) is 14.0. The van der Waals surface area contributed by atoms with E-state index in [9.17, 15) is 4.79 Å². The molecule has 1 unspecified atom stereocenters. The van der Waals surface area contributed by atoms with Gasteiger partial charge in [-0.3, -0.25) is 4.79 Å². The number of anilines is 1. The Labute approximate surface area is 143 Å². The quantitative estimate of drug-likeness (QED) is 0.762. The third kappa shape index (κ3) is 2.39. The zero-order valence-electron chi connectivity index (χ0n) is 13.2. The molecule has 0 radical (unpaired) electrons. The number of nitrogen functional groups attached to an aromatic ring is 1. The summed E-state index contributed by atoms with van der Waals surface area (Å²) >= 11 is 1.52. The van der Waals surface area contributed by atoms with E-state index in [0.29, 0.717) is 11.3 Å². The lowest BCUT2D eigenvalue weighted by Gasteiger charge is -2.14. The fourth-order valence-electron chi connectivity index (χ4n) is 3.23. The number of hydrogen-bond acceptors (Lipinski definition) is 5. The topological polar surface area (TPSA) is 81.2 Å². The molecular formula is C18H17N3O2S. The van der Waals surface area contributed by atoms with Gasteiger partial charge in [0.15, 0.2) is 0 Å². The van der Waals surface area contributed by atoms with E-state index in [4.69, 9.17) is 10.3 Å². The third-order valence-electron chi connectivity index (χ3n) is 4.46. The maximum absolute atomic E-state index is 12.8. The molecule has 1 aromatic carbocycles. The molecule has 4 rings (SSSR count). The van der Waals surface area contributed by atoms with Gasteiger partial charge in [-0.25, -0.2) is 0 Å². The van der Waals surface area contributed by atoms with Crippen LogP contribution in [0.1, 0.15) is 39.5 Å². The smallest absolute Gasteiger partial charge is 0.259 e. The standard InChI is InChI=1S/C18H17N3O2S/c1-10-8-9-24-16(10)15-14(17(19)23-21-15)18(22)20-13-7-6-11-4-2-3-5-12(11)13/h2-5,8-9,13H,6-7,19H2,1H3,(H,20,22). The van der Waals surface area contributed by atoms with E-state index in [-0.39, 0.29) is 17.8 Å². The normalized spacial score (nSPS) is 16.1. The fourth-order valence-corrected chi connectivity index (χ4v) is 4.14. The Hall–Kier alpha value is -2.60. The van der Waals surface area contributed by atoms with E-state index < -0.39 is 0 Å². The first kappa shape index (κ1) is 15.0. The van der Waals surface area contributed by atoms with Crippen LogP contribution in [0.3, 0.4) is 0 Å². The molecule has 5 nitrogen and oxygen atoms in total. The number of aryl methyl sites for hydroxylation is 2. The lowest BCUT2D eigenvalue weighted by molar-refractivity contribution is 0.0938. The summed E-state index contributed by atoms with van der Waals surface area (Å²) in [7, 11) is 0. The molecule has 3 N–H and O–H groups in total. The van der Waals surface area contributed by atoms with Crippen LogP contribution in [-0.4, -0.2) is 11.1 Å². The largest absolute Gasteiger partial charge is 0.367 e. The van der Waals surface area contributed by atoms with Crippen LogP contribution in [0.15, 0.2) is 40.2 Å². The van der Waals surface area contributed by atoms with E-state index in [0.717, 1.165) is 23.3 Å². The number of hydrogen-bond donors (Lipinski definition) is 2. The summed E-state index contributed by atoms with van der Waals surface area (Å²) in [5.74, 6) is -0.181. The molecule has 2 aromatic heterocycles. The Bertz CT molecular complexity index is 913. The van der Waals surface area contributed by atoms with Crippen LogP contribution >= 0.6 is 11.3 Å². The SMILES string of the molecule is Cc1ccsc1-c1noc(N)c1C(=O)NC1CCc2ccccc21. The van der Waals surface area contributed by atoms with E-state index in [1.165, 1.54) is 22.5 Å². The second kappa shape index (κ2) is 5.79. The number of benzene rings is 1. The number of carbonyl (C=O) groups is 1. The Balaban J connectivity index is 1.65. The molecule has 0 saturated heterocycles. The second-order valence-corrected chi connectivity index (χ2v) is 6.88. The van der Waals surface area contributed by atoms with E-state index >= 15 is 0 Å². The molecule has 1 atom stereocenters. The van der Waals surface area contributed by atoms with Crippen LogP contribution in [0.25, 0.3) is 10.6 Å². The molecule has 2 heterocycles. The van der Waals surface area contributed by atoms with Gasteiger partial charge in [-0.15, -0.1) is 11.3 Å². The molecule has 1 amide bonds. The number of rotatable bonds is 3. The highest BCUT2D eigenvalue weighted by molar-refractivity contribution is 7.13. The highest BCUT2D eigenvalue weighted by Gasteiger charge is 2.29. The Kier molecular flexibility index (Phi) is 3.61. The summed E-state index contributed by atoms with van der Waals surface area (Å²) in [5.41, 5.74) is 10.2. The maximum Gasteiger partial charge on any atom is 0.259 e. The summed E-state index contributed by atoms with van der Waals surface area (Å²) in [5, 5.41) is 9.06. The summed E-state index contributed by atoms with van der Waals surface area (Å²) in [6.07, 6.45) is 1.86. The van der Waals surface area contributed by atoms with Gasteiger partial charge >= 0.3 is 0 Å². The first-order chi connectivity index (χ1) is 11.6. The number of nitrogens with two attached hydrogens (primary N) is 1. The molecule has 0 bridgehead atoms. The first-order valence-electron chi connectivity index (χ1n) is 7.83. The van der Waals surface area contributed by atoms with Crippen LogP contribution < -0.4 is 11.1 Å². The molecule has 0 fully saturated rings. The number of thiophene rings is 1. The average Bonchev–Trinajstić information content (AvgIpc) is 3.27. The molecule has 0 saturated carbocycles. The maximum atomic E-state index is 12.8. The van der Waals surface area contributed by atoms with Crippen LogP contribution in [-0.2, 0) is 6.42 Å². The molecule has 0 spiro atoms. The monoisotopic (exact) mass is 339 g/mol. The molecular weight excluding hydrogens is 322 g/mol. The van der Waals surface area contributed by atoms with Crippen molar-refractivity contribution in [2.24, 2.45) is 0 Å². The number of amides is 1. The van der Waals surface area contributed by atoms with Crippen molar-refractivity contribution in [3.05, 3.63) is 58.0 Å². The van der Waals surface area contributed by atoms with Gasteiger partial charge in [0.1, 0.15) is 11.3 Å². The highest BCUT2D eigenvalue weighted by Crippen LogP contribution is 2.35. The molecule has 1 aliphatic rings. The lowest BCUT2D eigenvalue weighted by atomic mass is 10.1. The van der Waals surface area contributed by atoms with Crippen molar-refractivity contribution < 1.29 is 9.32 Å². The molecule has 6 heteroatoms. The van der Waals surface area contributed by atoms with Gasteiger partial charge in [0.25, 0.3) is 5.91 Å². The van der Waals surface area contributed by atoms with Crippen molar-refractivity contribution in [3.63, 3.8) is 0 Å². The summed E-state index contributed by atoms with van der Waals surface area (Å²) in [6.45, 7) is 1.98. The van der Waals surface area contributed by atoms with Gasteiger partial charge in [0, 0.05) is 0 Å². The van der Waals surface area contributed by atoms with Gasteiger partial charge < -0.3 is 15.6 Å². The van der Waals surface area contributed by atoms with Gasteiger partial charge in [0.05, 0.1) is 10.9 Å². The third-order valence-corrected chi connectivity index (χ3v) is 5.48. The zero-order chi connectivity index (χ0) is 16.7. The minimum absolute atomic E-state index is 0.000262. The Morgan fingerprint density at radius 2 is 2.21 bits per heavy atom. The Morgan fingerprint density at radius 3 is 3.00 bits per heavy atom. The number of carbonyl (C=O) groups excluding carboxylic acids is 1. The van der Waals surface area contributed by atoms with Crippen molar-refractivity contribution in [1.29, 1.82) is 0 Å². The molecule has 122 valence electrons. The first-order valence-corrected chi connectivity index (χ1v) is 8.71. The van der Waals surface area contributed by atoms with Gasteiger partial charge in [-0.05, 0) is 47.9 Å². The van der Waals surface area contributed by atoms with E-state index in [1.54, 1.807) is 0 Å². The molecule has 3 aromatic rings. The van der Waals surface area contributed by atoms with Gasteiger partial charge in [0.2, 0.25) is 5.88 Å². The van der Waals surface area contributed by atoms with Crippen molar-refractivity contribution in [2.75, 3.05) is 5.73 Å². The minimum atomic E-state index is -0.238.